The number of hydrogen-bond acceptors (Lipinski definition) is 4. The van der Waals surface area contributed by atoms with Gasteiger partial charge in [0.05, 0.1) is 0 Å². The van der Waals surface area contributed by atoms with Gasteiger partial charge < -0.3 is 14.8 Å². The standard InChI is InChI=1S/C18H19N3O3S/c1-11-7-8-13(9-12(11)2)19-18(25)21-20-17(22)16-10-23-14-5-3-4-6-15(14)24-16/h3-9,16H,10H2,1-2H3,(H,20,22)(H2,19,21,25)/t16-/m0/s1. The van der Waals surface area contributed by atoms with Crippen LogP contribution in [0.3, 0.4) is 0 Å². The number of hydrogen-bond donors (Lipinski definition) is 3. The van der Waals surface area contributed by atoms with Crippen molar-refractivity contribution in [2.75, 3.05) is 11.9 Å². The van der Waals surface area contributed by atoms with Crippen molar-refractivity contribution in [2.45, 2.75) is 20.0 Å². The Kier molecular flexibility index (Phi) is 5.04. The van der Waals surface area contributed by atoms with E-state index in [1.54, 1.807) is 12.1 Å². The Bertz CT molecular complexity index is 810. The summed E-state index contributed by atoms with van der Waals surface area (Å²) in [7, 11) is 0. The van der Waals surface area contributed by atoms with Crippen molar-refractivity contribution in [3.8, 4) is 11.5 Å². The third kappa shape index (κ3) is 4.19. The van der Waals surface area contributed by atoms with Crippen LogP contribution in [0, 0.1) is 13.8 Å². The number of aryl methyl sites for hydroxylation is 2. The summed E-state index contributed by atoms with van der Waals surface area (Å²) >= 11 is 5.19. The smallest absolute Gasteiger partial charge is 0.283 e. The number of carbonyl (C=O) groups excluding carboxylic acids is 1. The summed E-state index contributed by atoms with van der Waals surface area (Å²) in [4.78, 5) is 12.2. The fraction of sp³-hybridized carbons (Fsp3) is 0.222. The molecule has 0 spiro atoms. The van der Waals surface area contributed by atoms with Crippen LogP contribution in [-0.4, -0.2) is 23.7 Å². The largest absolute Gasteiger partial charge is 0.485 e. The number of fused-ring (bicyclic) bond motifs is 1. The molecule has 0 aromatic heterocycles. The molecule has 0 unspecified atom stereocenters. The van der Waals surface area contributed by atoms with Crippen molar-refractivity contribution >= 4 is 28.9 Å². The third-order valence-electron chi connectivity index (χ3n) is 3.87. The zero-order valence-corrected chi connectivity index (χ0v) is 14.8. The maximum Gasteiger partial charge on any atom is 0.283 e. The Hall–Kier alpha value is -2.80. The number of hydrazine groups is 1. The number of rotatable bonds is 2. The van der Waals surface area contributed by atoms with E-state index in [0.717, 1.165) is 11.3 Å². The van der Waals surface area contributed by atoms with E-state index in [-0.39, 0.29) is 17.6 Å². The first kappa shape index (κ1) is 17.0. The summed E-state index contributed by atoms with van der Waals surface area (Å²) in [5, 5.41) is 3.30. The maximum absolute atomic E-state index is 12.2. The molecule has 25 heavy (non-hydrogen) atoms. The molecule has 0 radical (unpaired) electrons. The van der Waals surface area contributed by atoms with E-state index in [0.29, 0.717) is 11.5 Å². The Balaban J connectivity index is 1.50. The second kappa shape index (κ2) is 7.40. The molecule has 6 nitrogen and oxygen atoms in total. The van der Waals surface area contributed by atoms with Crippen LogP contribution in [0.5, 0.6) is 11.5 Å². The SMILES string of the molecule is Cc1ccc(NC(=S)NNC(=O)[C@@H]2COc3ccccc3O2)cc1C. The van der Waals surface area contributed by atoms with Crippen molar-refractivity contribution in [3.63, 3.8) is 0 Å². The van der Waals surface area contributed by atoms with Crippen LogP contribution < -0.4 is 25.6 Å². The van der Waals surface area contributed by atoms with Crippen LogP contribution in [0.2, 0.25) is 0 Å². The molecular formula is C18H19N3O3S. The van der Waals surface area contributed by atoms with Gasteiger partial charge in [0.1, 0.15) is 6.61 Å². The zero-order valence-electron chi connectivity index (χ0n) is 14.0. The monoisotopic (exact) mass is 357 g/mol. The van der Waals surface area contributed by atoms with E-state index in [1.807, 2.05) is 44.2 Å². The summed E-state index contributed by atoms with van der Waals surface area (Å²) in [6.45, 7) is 4.21. The molecule has 130 valence electrons. The highest BCUT2D eigenvalue weighted by Gasteiger charge is 2.27. The quantitative estimate of drug-likeness (QED) is 0.567. The minimum absolute atomic E-state index is 0.141. The molecule has 1 amide bonds. The lowest BCUT2D eigenvalue weighted by atomic mass is 10.1. The first-order valence-electron chi connectivity index (χ1n) is 7.85. The molecule has 0 aliphatic carbocycles. The minimum atomic E-state index is -0.744. The van der Waals surface area contributed by atoms with Crippen molar-refractivity contribution < 1.29 is 14.3 Å². The lowest BCUT2D eigenvalue weighted by molar-refractivity contribution is -0.130. The molecule has 2 aromatic rings. The van der Waals surface area contributed by atoms with E-state index in [9.17, 15) is 4.79 Å². The fourth-order valence-corrected chi connectivity index (χ4v) is 2.50. The molecule has 1 heterocycles. The number of benzene rings is 2. The van der Waals surface area contributed by atoms with E-state index >= 15 is 0 Å². The Morgan fingerprint density at radius 1 is 1.08 bits per heavy atom. The van der Waals surface area contributed by atoms with Crippen LogP contribution in [-0.2, 0) is 4.79 Å². The van der Waals surface area contributed by atoms with Gasteiger partial charge in [0.15, 0.2) is 16.6 Å². The summed E-state index contributed by atoms with van der Waals surface area (Å²) in [6, 6.07) is 13.1. The molecule has 3 N–H and O–H groups in total. The number of carbonyl (C=O) groups is 1. The van der Waals surface area contributed by atoms with Gasteiger partial charge in [0, 0.05) is 5.69 Å². The van der Waals surface area contributed by atoms with Gasteiger partial charge in [-0.1, -0.05) is 18.2 Å². The molecule has 0 saturated carbocycles. The molecule has 7 heteroatoms. The average molecular weight is 357 g/mol. The molecule has 0 bridgehead atoms. The van der Waals surface area contributed by atoms with Gasteiger partial charge in [0.25, 0.3) is 5.91 Å². The molecule has 1 atom stereocenters. The molecule has 1 aliphatic heterocycles. The highest BCUT2D eigenvalue weighted by Crippen LogP contribution is 2.30. The lowest BCUT2D eigenvalue weighted by Crippen LogP contribution is -2.51. The fourth-order valence-electron chi connectivity index (χ4n) is 2.33. The van der Waals surface area contributed by atoms with Crippen LogP contribution in [0.25, 0.3) is 0 Å². The molecule has 0 saturated heterocycles. The molecular weight excluding hydrogens is 338 g/mol. The second-order valence-corrected chi connectivity index (χ2v) is 6.14. The summed E-state index contributed by atoms with van der Waals surface area (Å²) < 4.78 is 11.2. The van der Waals surface area contributed by atoms with Crippen molar-refractivity contribution in [1.29, 1.82) is 0 Å². The lowest BCUT2D eigenvalue weighted by Gasteiger charge is -2.25. The van der Waals surface area contributed by atoms with Gasteiger partial charge in [-0.2, -0.15) is 0 Å². The minimum Gasteiger partial charge on any atom is -0.485 e. The van der Waals surface area contributed by atoms with Gasteiger partial charge in [-0.3, -0.25) is 15.6 Å². The van der Waals surface area contributed by atoms with E-state index < -0.39 is 6.10 Å². The number of thiocarbonyl (C=S) groups is 1. The molecule has 2 aromatic carbocycles. The van der Waals surface area contributed by atoms with E-state index in [4.69, 9.17) is 21.7 Å². The maximum atomic E-state index is 12.2. The van der Waals surface area contributed by atoms with Crippen molar-refractivity contribution in [2.24, 2.45) is 0 Å². The summed E-state index contributed by atoms with van der Waals surface area (Å²) in [5.74, 6) is 0.815. The predicted molar refractivity (Wildman–Crippen MR) is 99.8 cm³/mol. The van der Waals surface area contributed by atoms with Gasteiger partial charge in [0.2, 0.25) is 6.10 Å². The van der Waals surface area contributed by atoms with Gasteiger partial charge in [-0.05, 0) is 61.5 Å². The average Bonchev–Trinajstić information content (AvgIpc) is 2.62. The van der Waals surface area contributed by atoms with E-state index in [1.165, 1.54) is 5.56 Å². The van der Waals surface area contributed by atoms with Crippen LogP contribution in [0.15, 0.2) is 42.5 Å². The normalized spacial score (nSPS) is 15.2. The molecule has 3 rings (SSSR count). The van der Waals surface area contributed by atoms with Gasteiger partial charge >= 0.3 is 0 Å². The third-order valence-corrected chi connectivity index (χ3v) is 4.07. The number of ether oxygens (including phenoxy) is 2. The number of nitrogens with one attached hydrogen (secondary N) is 3. The highest BCUT2D eigenvalue weighted by atomic mass is 32.1. The molecule has 1 aliphatic rings. The Morgan fingerprint density at radius 2 is 1.84 bits per heavy atom. The predicted octanol–water partition coefficient (Wildman–Crippen LogP) is 2.46. The topological polar surface area (TPSA) is 71.6 Å². The number of para-hydroxylation sites is 2. The summed E-state index contributed by atoms with van der Waals surface area (Å²) in [6.07, 6.45) is -0.744. The first-order valence-corrected chi connectivity index (χ1v) is 8.26. The Morgan fingerprint density at radius 3 is 2.60 bits per heavy atom. The van der Waals surface area contributed by atoms with Crippen LogP contribution in [0.4, 0.5) is 5.69 Å². The summed E-state index contributed by atoms with van der Waals surface area (Å²) in [5.41, 5.74) is 8.41. The van der Waals surface area contributed by atoms with Crippen LogP contribution >= 0.6 is 12.2 Å². The van der Waals surface area contributed by atoms with Crippen molar-refractivity contribution in [1.82, 2.24) is 10.9 Å². The number of anilines is 1. The van der Waals surface area contributed by atoms with Gasteiger partial charge in [-0.25, -0.2) is 0 Å². The Labute approximate surface area is 151 Å². The van der Waals surface area contributed by atoms with Gasteiger partial charge in [-0.15, -0.1) is 0 Å². The highest BCUT2D eigenvalue weighted by molar-refractivity contribution is 7.80. The van der Waals surface area contributed by atoms with Crippen LogP contribution in [0.1, 0.15) is 11.1 Å². The molecule has 0 fully saturated rings. The van der Waals surface area contributed by atoms with E-state index in [2.05, 4.69) is 16.2 Å². The second-order valence-electron chi connectivity index (χ2n) is 5.73. The first-order chi connectivity index (χ1) is 12.0. The zero-order chi connectivity index (χ0) is 17.8. The number of amides is 1. The van der Waals surface area contributed by atoms with Crippen molar-refractivity contribution in [3.05, 3.63) is 53.6 Å².